The fourth-order valence-electron chi connectivity index (χ4n) is 1.40. The summed E-state index contributed by atoms with van der Waals surface area (Å²) in [6.07, 6.45) is 0. The molecule has 5 nitrogen and oxygen atoms in total. The standard InChI is InChI=1S/C13H18FN3O2S/c1-13(2,3)17-20(18,19)16-12-7-6-10(5-4-8-15)9-11(12)14/h6-7,9,16-17H,8,15H2,1-3H3. The monoisotopic (exact) mass is 299 g/mol. The van der Waals surface area contributed by atoms with Gasteiger partial charge in [0.05, 0.1) is 12.2 Å². The summed E-state index contributed by atoms with van der Waals surface area (Å²) >= 11 is 0. The average molecular weight is 299 g/mol. The van der Waals surface area contributed by atoms with Crippen LogP contribution in [0.2, 0.25) is 0 Å². The minimum Gasteiger partial charge on any atom is -0.320 e. The van der Waals surface area contributed by atoms with Gasteiger partial charge in [-0.15, -0.1) is 0 Å². The van der Waals surface area contributed by atoms with Crippen molar-refractivity contribution in [2.24, 2.45) is 5.73 Å². The highest BCUT2D eigenvalue weighted by atomic mass is 32.2. The van der Waals surface area contributed by atoms with Crippen molar-refractivity contribution in [1.82, 2.24) is 4.72 Å². The Morgan fingerprint density at radius 2 is 2.00 bits per heavy atom. The number of hydrogen-bond donors (Lipinski definition) is 3. The van der Waals surface area contributed by atoms with Gasteiger partial charge in [-0.1, -0.05) is 11.8 Å². The molecule has 0 saturated carbocycles. The van der Waals surface area contributed by atoms with Crippen LogP contribution in [-0.2, 0) is 10.2 Å². The van der Waals surface area contributed by atoms with E-state index in [1.54, 1.807) is 20.8 Å². The maximum Gasteiger partial charge on any atom is 0.299 e. The number of rotatable bonds is 3. The molecule has 1 aromatic rings. The van der Waals surface area contributed by atoms with Gasteiger partial charge in [0.1, 0.15) is 5.82 Å². The minimum absolute atomic E-state index is 0.139. The second kappa shape index (κ2) is 6.22. The van der Waals surface area contributed by atoms with Crippen LogP contribution in [0.4, 0.5) is 10.1 Å². The van der Waals surface area contributed by atoms with E-state index in [9.17, 15) is 12.8 Å². The Balaban J connectivity index is 2.94. The molecule has 0 atom stereocenters. The predicted octanol–water partition coefficient (Wildman–Crippen LogP) is 1.18. The summed E-state index contributed by atoms with van der Waals surface area (Å²) in [6, 6.07) is 3.98. The van der Waals surface area contributed by atoms with Crippen LogP contribution in [0.25, 0.3) is 0 Å². The Bertz CT molecular complexity index is 640. The van der Waals surface area contributed by atoms with Crippen molar-refractivity contribution in [2.75, 3.05) is 11.3 Å². The topological polar surface area (TPSA) is 84.2 Å². The smallest absolute Gasteiger partial charge is 0.299 e. The molecule has 0 fully saturated rings. The van der Waals surface area contributed by atoms with Gasteiger partial charge in [-0.2, -0.15) is 13.1 Å². The Kier molecular flexibility index (Phi) is 5.11. The number of benzene rings is 1. The highest BCUT2D eigenvalue weighted by Crippen LogP contribution is 2.17. The number of nitrogens with two attached hydrogens (primary N) is 1. The third kappa shape index (κ3) is 5.57. The van der Waals surface area contributed by atoms with Gasteiger partial charge in [-0.3, -0.25) is 4.72 Å². The van der Waals surface area contributed by atoms with Crippen molar-refractivity contribution < 1.29 is 12.8 Å². The zero-order valence-electron chi connectivity index (χ0n) is 11.6. The highest BCUT2D eigenvalue weighted by Gasteiger charge is 2.20. The van der Waals surface area contributed by atoms with Gasteiger partial charge in [0, 0.05) is 11.1 Å². The molecule has 0 aromatic heterocycles. The van der Waals surface area contributed by atoms with Crippen LogP contribution >= 0.6 is 0 Å². The molecule has 0 heterocycles. The molecular formula is C13H18FN3O2S. The van der Waals surface area contributed by atoms with Crippen LogP contribution < -0.4 is 15.2 Å². The highest BCUT2D eigenvalue weighted by molar-refractivity contribution is 7.90. The van der Waals surface area contributed by atoms with Gasteiger partial charge in [0.15, 0.2) is 0 Å². The quantitative estimate of drug-likeness (QED) is 0.733. The van der Waals surface area contributed by atoms with Crippen LogP contribution in [0.15, 0.2) is 18.2 Å². The van der Waals surface area contributed by atoms with Crippen LogP contribution in [-0.4, -0.2) is 20.5 Å². The molecular weight excluding hydrogens is 281 g/mol. The van der Waals surface area contributed by atoms with E-state index in [-0.39, 0.29) is 12.2 Å². The number of nitrogens with one attached hydrogen (secondary N) is 2. The minimum atomic E-state index is -3.84. The number of anilines is 1. The molecule has 4 N–H and O–H groups in total. The van der Waals surface area contributed by atoms with E-state index in [2.05, 4.69) is 21.3 Å². The molecule has 1 aromatic carbocycles. The average Bonchev–Trinajstić information content (AvgIpc) is 2.26. The summed E-state index contributed by atoms with van der Waals surface area (Å²) in [7, 11) is -3.84. The van der Waals surface area contributed by atoms with E-state index in [0.717, 1.165) is 6.07 Å². The molecule has 0 amide bonds. The Labute approximate surface area is 118 Å². The number of halogens is 1. The third-order valence-corrected chi connectivity index (χ3v) is 3.36. The molecule has 0 aliphatic carbocycles. The van der Waals surface area contributed by atoms with Crippen molar-refractivity contribution >= 4 is 15.9 Å². The van der Waals surface area contributed by atoms with Gasteiger partial charge < -0.3 is 5.73 Å². The van der Waals surface area contributed by atoms with E-state index in [1.807, 2.05) is 0 Å². The first-order valence-corrected chi connectivity index (χ1v) is 7.41. The molecule has 20 heavy (non-hydrogen) atoms. The van der Waals surface area contributed by atoms with Gasteiger partial charge in [-0.25, -0.2) is 4.39 Å². The second-order valence-electron chi connectivity index (χ2n) is 5.16. The van der Waals surface area contributed by atoms with Crippen LogP contribution in [0.3, 0.4) is 0 Å². The molecule has 0 radical (unpaired) electrons. The van der Waals surface area contributed by atoms with E-state index in [4.69, 9.17) is 5.73 Å². The van der Waals surface area contributed by atoms with Crippen LogP contribution in [0.5, 0.6) is 0 Å². The maximum atomic E-state index is 13.8. The molecule has 0 unspecified atom stereocenters. The summed E-state index contributed by atoms with van der Waals surface area (Å²) in [5.74, 6) is 4.56. The number of hydrogen-bond acceptors (Lipinski definition) is 3. The predicted molar refractivity (Wildman–Crippen MR) is 77.8 cm³/mol. The van der Waals surface area contributed by atoms with E-state index >= 15 is 0 Å². The molecule has 7 heteroatoms. The molecule has 0 saturated heterocycles. The second-order valence-corrected chi connectivity index (χ2v) is 6.57. The zero-order chi connectivity index (χ0) is 15.4. The van der Waals surface area contributed by atoms with Gasteiger partial charge in [-0.05, 0) is 39.0 Å². The van der Waals surface area contributed by atoms with Gasteiger partial charge in [0.2, 0.25) is 0 Å². The van der Waals surface area contributed by atoms with Crippen molar-refractivity contribution in [2.45, 2.75) is 26.3 Å². The van der Waals surface area contributed by atoms with Crippen molar-refractivity contribution in [3.8, 4) is 11.8 Å². The fraction of sp³-hybridized carbons (Fsp3) is 0.385. The summed E-state index contributed by atoms with van der Waals surface area (Å²) in [5.41, 5.74) is 4.85. The van der Waals surface area contributed by atoms with E-state index in [0.29, 0.717) is 5.56 Å². The Hall–Kier alpha value is -1.62. The van der Waals surface area contributed by atoms with E-state index < -0.39 is 21.6 Å². The summed E-state index contributed by atoms with van der Waals surface area (Å²) in [6.45, 7) is 5.24. The van der Waals surface area contributed by atoms with Gasteiger partial charge in [0.25, 0.3) is 10.2 Å². The lowest BCUT2D eigenvalue weighted by Crippen LogP contribution is -2.43. The van der Waals surface area contributed by atoms with Crippen molar-refractivity contribution in [3.63, 3.8) is 0 Å². The van der Waals surface area contributed by atoms with Crippen molar-refractivity contribution in [1.29, 1.82) is 0 Å². The molecule has 0 spiro atoms. The SMILES string of the molecule is CC(C)(C)NS(=O)(=O)Nc1ccc(C#CCN)cc1F. The summed E-state index contributed by atoms with van der Waals surface area (Å²) in [5, 5.41) is 0. The Morgan fingerprint density at radius 3 is 2.50 bits per heavy atom. The third-order valence-electron chi connectivity index (χ3n) is 1.99. The first-order valence-electron chi connectivity index (χ1n) is 5.93. The first-order chi connectivity index (χ1) is 9.13. The maximum absolute atomic E-state index is 13.8. The molecule has 0 aliphatic rings. The normalized spacial score (nSPS) is 11.7. The van der Waals surface area contributed by atoms with Crippen LogP contribution in [0.1, 0.15) is 26.3 Å². The molecule has 0 bridgehead atoms. The summed E-state index contributed by atoms with van der Waals surface area (Å²) in [4.78, 5) is 0. The van der Waals surface area contributed by atoms with E-state index in [1.165, 1.54) is 12.1 Å². The van der Waals surface area contributed by atoms with Gasteiger partial charge >= 0.3 is 0 Å². The fourth-order valence-corrected chi connectivity index (χ4v) is 2.71. The first kappa shape index (κ1) is 16.4. The summed E-state index contributed by atoms with van der Waals surface area (Å²) < 4.78 is 41.9. The lowest BCUT2D eigenvalue weighted by molar-refractivity contribution is 0.494. The zero-order valence-corrected chi connectivity index (χ0v) is 12.4. The lowest BCUT2D eigenvalue weighted by atomic mass is 10.1. The Morgan fingerprint density at radius 1 is 1.35 bits per heavy atom. The molecule has 110 valence electrons. The lowest BCUT2D eigenvalue weighted by Gasteiger charge is -2.21. The van der Waals surface area contributed by atoms with Crippen LogP contribution in [0, 0.1) is 17.7 Å². The van der Waals surface area contributed by atoms with Crippen molar-refractivity contribution in [3.05, 3.63) is 29.6 Å². The molecule has 1 rings (SSSR count). The molecule has 0 aliphatic heterocycles. The largest absolute Gasteiger partial charge is 0.320 e.